The molecule has 0 radical (unpaired) electrons. The molecule has 1 saturated heterocycles. The fourth-order valence-corrected chi connectivity index (χ4v) is 1.40. The zero-order chi connectivity index (χ0) is 13.5. The van der Waals surface area contributed by atoms with E-state index in [0.717, 1.165) is 12.5 Å². The quantitative estimate of drug-likeness (QED) is 0.540. The van der Waals surface area contributed by atoms with E-state index in [4.69, 9.17) is 30.5 Å². The van der Waals surface area contributed by atoms with Crippen molar-refractivity contribution in [1.29, 1.82) is 5.41 Å². The van der Waals surface area contributed by atoms with Crippen molar-refractivity contribution in [3.63, 3.8) is 0 Å². The van der Waals surface area contributed by atoms with Crippen LogP contribution in [0.5, 0.6) is 0 Å². The molecule has 0 aromatic heterocycles. The number of carboxylic acid groups (broad SMARTS) is 1. The number of carbonyl (C=O) groups is 1. The summed E-state index contributed by atoms with van der Waals surface area (Å²) in [6.45, 7) is 2.32. The van der Waals surface area contributed by atoms with Crippen LogP contribution >= 0.6 is 0 Å². The Morgan fingerprint density at radius 2 is 2.00 bits per heavy atom. The van der Waals surface area contributed by atoms with Crippen molar-refractivity contribution in [2.24, 2.45) is 5.73 Å². The molecular formula is C12H16N2O4. The molecule has 0 saturated carbocycles. The van der Waals surface area contributed by atoms with Gasteiger partial charge in [-0.2, -0.15) is 0 Å². The predicted molar refractivity (Wildman–Crippen MR) is 65.4 cm³/mol. The van der Waals surface area contributed by atoms with Gasteiger partial charge in [0.1, 0.15) is 5.84 Å². The number of rotatable bonds is 2. The predicted octanol–water partition coefficient (Wildman–Crippen LogP) is 1.11. The zero-order valence-corrected chi connectivity index (χ0v) is 10.1. The number of hydrogen-bond donors (Lipinski definition) is 3. The number of nitrogens with two attached hydrogens (primary N) is 1. The molecular weight excluding hydrogens is 236 g/mol. The third-order valence-corrected chi connectivity index (χ3v) is 2.09. The molecule has 0 unspecified atom stereocenters. The number of aliphatic carboxylic acids is 1. The molecule has 1 fully saturated rings. The number of carboxylic acids is 1. The van der Waals surface area contributed by atoms with Crippen LogP contribution in [0, 0.1) is 5.41 Å². The first-order chi connectivity index (χ1) is 8.50. The lowest BCUT2D eigenvalue weighted by Crippen LogP contribution is -2.11. The Morgan fingerprint density at radius 1 is 1.44 bits per heavy atom. The summed E-state index contributed by atoms with van der Waals surface area (Å²) in [6.07, 6.45) is -0.297. The van der Waals surface area contributed by atoms with Crippen LogP contribution < -0.4 is 5.73 Å². The highest BCUT2D eigenvalue weighted by atomic mass is 16.7. The van der Waals surface area contributed by atoms with Crippen molar-refractivity contribution in [1.82, 2.24) is 0 Å². The summed E-state index contributed by atoms with van der Waals surface area (Å²) in [5, 5.41) is 14.7. The molecule has 0 spiro atoms. The van der Waals surface area contributed by atoms with Gasteiger partial charge in [-0.3, -0.25) is 10.2 Å². The monoisotopic (exact) mass is 252 g/mol. The highest BCUT2D eigenvalue weighted by Crippen LogP contribution is 2.23. The van der Waals surface area contributed by atoms with Crippen LogP contribution in [-0.4, -0.2) is 30.1 Å². The molecule has 1 heterocycles. The molecule has 0 amide bonds. The van der Waals surface area contributed by atoms with E-state index in [2.05, 4.69) is 0 Å². The maximum absolute atomic E-state index is 9.00. The third kappa shape index (κ3) is 4.52. The largest absolute Gasteiger partial charge is 0.481 e. The Labute approximate surface area is 105 Å². The molecule has 1 aromatic rings. The zero-order valence-electron chi connectivity index (χ0n) is 10.1. The summed E-state index contributed by atoms with van der Waals surface area (Å²) in [5.41, 5.74) is 6.99. The normalized spacial score (nSPS) is 14.7. The first kappa shape index (κ1) is 14.1. The highest BCUT2D eigenvalue weighted by Gasteiger charge is 2.18. The van der Waals surface area contributed by atoms with Crippen molar-refractivity contribution >= 4 is 11.8 Å². The van der Waals surface area contributed by atoms with Crippen LogP contribution in [0.4, 0.5) is 0 Å². The van der Waals surface area contributed by atoms with Crippen LogP contribution in [0.2, 0.25) is 0 Å². The van der Waals surface area contributed by atoms with Gasteiger partial charge in [-0.1, -0.05) is 18.2 Å². The van der Waals surface area contributed by atoms with E-state index in [-0.39, 0.29) is 12.1 Å². The van der Waals surface area contributed by atoms with Crippen molar-refractivity contribution in [3.05, 3.63) is 35.4 Å². The van der Waals surface area contributed by atoms with Crippen LogP contribution in [0.3, 0.4) is 0 Å². The molecule has 4 N–H and O–H groups in total. The van der Waals surface area contributed by atoms with Gasteiger partial charge < -0.3 is 20.3 Å². The lowest BCUT2D eigenvalue weighted by atomic mass is 10.1. The first-order valence-electron chi connectivity index (χ1n) is 5.38. The molecule has 1 aliphatic rings. The fraction of sp³-hybridized carbons (Fsp3) is 0.333. The summed E-state index contributed by atoms with van der Waals surface area (Å²) < 4.78 is 10.7. The second kappa shape index (κ2) is 6.73. The van der Waals surface area contributed by atoms with Crippen molar-refractivity contribution in [2.75, 3.05) is 13.2 Å². The molecule has 6 nitrogen and oxygen atoms in total. The van der Waals surface area contributed by atoms with E-state index in [1.54, 1.807) is 6.07 Å². The van der Waals surface area contributed by atoms with Crippen LogP contribution in [0.1, 0.15) is 24.3 Å². The topological polar surface area (TPSA) is 106 Å². The minimum Gasteiger partial charge on any atom is -0.481 e. The lowest BCUT2D eigenvalue weighted by molar-refractivity contribution is -0.134. The summed E-state index contributed by atoms with van der Waals surface area (Å²) in [7, 11) is 0. The van der Waals surface area contributed by atoms with Gasteiger partial charge in [-0.15, -0.1) is 0 Å². The molecule has 1 aliphatic heterocycles. The second-order valence-electron chi connectivity index (χ2n) is 3.63. The molecule has 0 aliphatic carbocycles. The van der Waals surface area contributed by atoms with E-state index in [0.29, 0.717) is 18.8 Å². The van der Waals surface area contributed by atoms with Gasteiger partial charge in [0.2, 0.25) is 0 Å². The van der Waals surface area contributed by atoms with Gasteiger partial charge in [0.05, 0.1) is 13.2 Å². The average Bonchev–Trinajstić information content (AvgIpc) is 2.82. The molecule has 1 aromatic carbocycles. The second-order valence-corrected chi connectivity index (χ2v) is 3.63. The Morgan fingerprint density at radius 3 is 2.50 bits per heavy atom. The van der Waals surface area contributed by atoms with E-state index < -0.39 is 5.97 Å². The number of benzene rings is 1. The number of nitrogen functional groups attached to an aromatic ring is 1. The molecule has 0 atom stereocenters. The van der Waals surface area contributed by atoms with E-state index >= 15 is 0 Å². The average molecular weight is 252 g/mol. The Hall–Kier alpha value is -1.92. The van der Waals surface area contributed by atoms with E-state index in [1.807, 2.05) is 18.2 Å². The molecule has 0 bridgehead atoms. The summed E-state index contributed by atoms with van der Waals surface area (Å²) in [6, 6.07) is 7.36. The van der Waals surface area contributed by atoms with Gasteiger partial charge in [0, 0.05) is 18.1 Å². The standard InChI is InChI=1S/C10H12N2O2.C2H4O2/c11-9(12)7-2-1-3-8(6-7)10-13-4-5-14-10;1-2(3)4/h1-3,6,10H,4-5H2,(H3,11,12);1H3,(H,3,4). The summed E-state index contributed by atoms with van der Waals surface area (Å²) in [5.74, 6) is -0.773. The minimum atomic E-state index is -0.833. The van der Waals surface area contributed by atoms with Crippen molar-refractivity contribution < 1.29 is 19.4 Å². The van der Waals surface area contributed by atoms with Gasteiger partial charge in [-0.05, 0) is 6.07 Å². The maximum Gasteiger partial charge on any atom is 0.300 e. The van der Waals surface area contributed by atoms with Crippen molar-refractivity contribution in [3.8, 4) is 0 Å². The summed E-state index contributed by atoms with van der Waals surface area (Å²) in [4.78, 5) is 9.00. The van der Waals surface area contributed by atoms with Gasteiger partial charge >= 0.3 is 0 Å². The van der Waals surface area contributed by atoms with Crippen LogP contribution in [0.25, 0.3) is 0 Å². The third-order valence-electron chi connectivity index (χ3n) is 2.09. The maximum atomic E-state index is 9.00. The molecule has 6 heteroatoms. The molecule has 98 valence electrons. The van der Waals surface area contributed by atoms with E-state index in [9.17, 15) is 0 Å². The number of ether oxygens (including phenoxy) is 2. The van der Waals surface area contributed by atoms with Gasteiger partial charge in [0.15, 0.2) is 6.29 Å². The van der Waals surface area contributed by atoms with E-state index in [1.165, 1.54) is 0 Å². The van der Waals surface area contributed by atoms with Gasteiger partial charge in [-0.25, -0.2) is 0 Å². The Balaban J connectivity index is 0.000000357. The van der Waals surface area contributed by atoms with Gasteiger partial charge in [0.25, 0.3) is 5.97 Å². The molecule has 18 heavy (non-hydrogen) atoms. The fourth-order valence-electron chi connectivity index (χ4n) is 1.40. The number of amidine groups is 1. The lowest BCUT2D eigenvalue weighted by Gasteiger charge is -2.10. The van der Waals surface area contributed by atoms with Crippen LogP contribution in [-0.2, 0) is 14.3 Å². The highest BCUT2D eigenvalue weighted by molar-refractivity contribution is 5.95. The smallest absolute Gasteiger partial charge is 0.300 e. The van der Waals surface area contributed by atoms with Crippen LogP contribution in [0.15, 0.2) is 24.3 Å². The Kier molecular flexibility index (Phi) is 5.29. The summed E-state index contributed by atoms with van der Waals surface area (Å²) >= 11 is 0. The van der Waals surface area contributed by atoms with Crippen molar-refractivity contribution in [2.45, 2.75) is 13.2 Å². The number of hydrogen-bond acceptors (Lipinski definition) is 4. The minimum absolute atomic E-state index is 0.0600. The number of nitrogens with one attached hydrogen (secondary N) is 1. The first-order valence-corrected chi connectivity index (χ1v) is 5.38. The molecule has 2 rings (SSSR count). The Bertz CT molecular complexity index is 424. The SMILES string of the molecule is CC(=O)O.N=C(N)c1cccc(C2OCCO2)c1.